The summed E-state index contributed by atoms with van der Waals surface area (Å²) in [6.07, 6.45) is 11.1. The molecule has 0 radical (unpaired) electrons. The summed E-state index contributed by atoms with van der Waals surface area (Å²) >= 11 is 0. The van der Waals surface area contributed by atoms with E-state index in [-0.39, 0.29) is 6.10 Å². The second-order valence-corrected chi connectivity index (χ2v) is 6.08. The average Bonchev–Trinajstić information content (AvgIpc) is 3.00. The van der Waals surface area contributed by atoms with Crippen LogP contribution in [0.3, 0.4) is 0 Å². The summed E-state index contributed by atoms with van der Waals surface area (Å²) < 4.78 is 8.04. The molecule has 1 aliphatic carbocycles. The van der Waals surface area contributed by atoms with Crippen LogP contribution >= 0.6 is 0 Å². The maximum Gasteiger partial charge on any atom is 0.0729 e. The molecule has 0 aromatic carbocycles. The Morgan fingerprint density at radius 3 is 2.71 bits per heavy atom. The van der Waals surface area contributed by atoms with Crippen molar-refractivity contribution in [1.29, 1.82) is 0 Å². The van der Waals surface area contributed by atoms with Gasteiger partial charge in [-0.05, 0) is 39.3 Å². The fourth-order valence-electron chi connectivity index (χ4n) is 3.41. The van der Waals surface area contributed by atoms with E-state index in [2.05, 4.69) is 36.1 Å². The Morgan fingerprint density at radius 2 is 2.10 bits per heavy atom. The number of nitrogens with one attached hydrogen (secondary N) is 1. The Hall–Kier alpha value is -0.870. The maximum atomic E-state index is 5.84. The number of hydrogen-bond donors (Lipinski definition) is 1. The number of ether oxygens (including phenoxy) is 1. The van der Waals surface area contributed by atoms with Crippen molar-refractivity contribution in [3.63, 3.8) is 0 Å². The van der Waals surface area contributed by atoms with E-state index in [0.717, 1.165) is 19.4 Å². The minimum absolute atomic E-state index is 0.264. The highest BCUT2D eigenvalue weighted by atomic mass is 16.5. The van der Waals surface area contributed by atoms with Gasteiger partial charge in [-0.3, -0.25) is 4.68 Å². The third-order valence-corrected chi connectivity index (χ3v) is 4.64. The highest BCUT2D eigenvalue weighted by Crippen LogP contribution is 2.27. The summed E-state index contributed by atoms with van der Waals surface area (Å²) in [5.41, 5.74) is 1.18. The molecule has 1 saturated carbocycles. The van der Waals surface area contributed by atoms with E-state index in [4.69, 9.17) is 9.84 Å². The number of nitrogens with zero attached hydrogens (tertiary/aromatic N) is 2. The van der Waals surface area contributed by atoms with Crippen LogP contribution in [0.5, 0.6) is 0 Å². The summed E-state index contributed by atoms with van der Waals surface area (Å²) in [6.45, 7) is 5.02. The van der Waals surface area contributed by atoms with E-state index in [1.165, 1.54) is 37.8 Å². The van der Waals surface area contributed by atoms with Crippen LogP contribution in [0.25, 0.3) is 0 Å². The van der Waals surface area contributed by atoms with Crippen molar-refractivity contribution in [3.8, 4) is 0 Å². The lowest BCUT2D eigenvalue weighted by Gasteiger charge is -2.25. The molecule has 2 rings (SSSR count). The van der Waals surface area contributed by atoms with Gasteiger partial charge in [0, 0.05) is 25.3 Å². The zero-order valence-corrected chi connectivity index (χ0v) is 13.8. The van der Waals surface area contributed by atoms with E-state index in [1.54, 1.807) is 0 Å². The molecule has 1 heterocycles. The van der Waals surface area contributed by atoms with Gasteiger partial charge in [-0.1, -0.05) is 26.2 Å². The third kappa shape index (κ3) is 4.55. The zero-order chi connectivity index (χ0) is 15.1. The Labute approximate surface area is 129 Å². The highest BCUT2D eigenvalue weighted by Gasteiger charge is 2.21. The smallest absolute Gasteiger partial charge is 0.0729 e. The number of aromatic nitrogens is 2. The Morgan fingerprint density at radius 1 is 1.33 bits per heavy atom. The van der Waals surface area contributed by atoms with Crippen molar-refractivity contribution in [2.75, 3.05) is 13.7 Å². The van der Waals surface area contributed by atoms with Crippen LogP contribution in [0, 0.1) is 0 Å². The third-order valence-electron chi connectivity index (χ3n) is 4.64. The van der Waals surface area contributed by atoms with E-state index in [1.807, 2.05) is 7.05 Å². The van der Waals surface area contributed by atoms with E-state index in [9.17, 15) is 0 Å². The van der Waals surface area contributed by atoms with Crippen LogP contribution in [-0.4, -0.2) is 35.6 Å². The van der Waals surface area contributed by atoms with Crippen molar-refractivity contribution < 1.29 is 4.74 Å². The number of likely N-dealkylation sites (N-methyl/N-ethyl adjacent to an activating group) is 1. The summed E-state index contributed by atoms with van der Waals surface area (Å²) in [5.74, 6) is 0. The van der Waals surface area contributed by atoms with Gasteiger partial charge in [0.2, 0.25) is 0 Å². The molecular formula is C17H31N3O. The molecule has 1 aromatic rings. The molecule has 2 unspecified atom stereocenters. The van der Waals surface area contributed by atoms with Gasteiger partial charge in [0.1, 0.15) is 0 Å². The molecule has 2 atom stereocenters. The molecule has 0 amide bonds. The average molecular weight is 293 g/mol. The highest BCUT2D eigenvalue weighted by molar-refractivity contribution is 5.03. The van der Waals surface area contributed by atoms with Gasteiger partial charge >= 0.3 is 0 Å². The van der Waals surface area contributed by atoms with Gasteiger partial charge in [-0.15, -0.1) is 0 Å². The van der Waals surface area contributed by atoms with Crippen LogP contribution in [0.15, 0.2) is 12.3 Å². The van der Waals surface area contributed by atoms with Gasteiger partial charge in [0.15, 0.2) is 0 Å². The lowest BCUT2D eigenvalue weighted by atomic mass is 9.96. The summed E-state index contributed by atoms with van der Waals surface area (Å²) in [5, 5.41) is 8.22. The first-order chi connectivity index (χ1) is 10.3. The molecule has 0 bridgehead atoms. The Bertz CT molecular complexity index is 398. The van der Waals surface area contributed by atoms with Crippen molar-refractivity contribution in [2.24, 2.45) is 0 Å². The van der Waals surface area contributed by atoms with E-state index < -0.39 is 0 Å². The molecule has 1 aliphatic rings. The minimum Gasteiger partial charge on any atom is -0.377 e. The van der Waals surface area contributed by atoms with Crippen LogP contribution in [0.2, 0.25) is 0 Å². The summed E-state index contributed by atoms with van der Waals surface area (Å²) in [7, 11) is 2.02. The minimum atomic E-state index is 0.264. The largest absolute Gasteiger partial charge is 0.377 e. The second kappa shape index (κ2) is 8.54. The van der Waals surface area contributed by atoms with E-state index >= 15 is 0 Å². The molecule has 0 saturated heterocycles. The first-order valence-corrected chi connectivity index (χ1v) is 8.61. The molecule has 1 N–H and O–H groups in total. The van der Waals surface area contributed by atoms with Gasteiger partial charge in [0.05, 0.1) is 17.8 Å². The fraction of sp³-hybridized carbons (Fsp3) is 0.824. The maximum absolute atomic E-state index is 5.84. The molecule has 1 aromatic heterocycles. The van der Waals surface area contributed by atoms with Crippen molar-refractivity contribution >= 4 is 0 Å². The normalized spacial score (nSPS) is 19.6. The second-order valence-electron chi connectivity index (χ2n) is 6.08. The van der Waals surface area contributed by atoms with Crippen LogP contribution in [0.4, 0.5) is 0 Å². The lowest BCUT2D eigenvalue weighted by Crippen LogP contribution is -2.41. The topological polar surface area (TPSA) is 39.1 Å². The standard InChI is InChI=1S/C17H31N3O/c1-4-17(21-5-2)16(18-3)13-14-11-12-20(19-14)15-9-7-6-8-10-15/h11-12,15-18H,4-10,13H2,1-3H3. The Balaban J connectivity index is 1.96. The zero-order valence-electron chi connectivity index (χ0n) is 13.8. The molecule has 120 valence electrons. The molecule has 4 nitrogen and oxygen atoms in total. The van der Waals surface area contributed by atoms with Crippen LogP contribution in [0.1, 0.15) is 64.1 Å². The van der Waals surface area contributed by atoms with Crippen molar-refractivity contribution in [1.82, 2.24) is 15.1 Å². The van der Waals surface area contributed by atoms with E-state index in [0.29, 0.717) is 12.1 Å². The molecule has 0 spiro atoms. The first-order valence-electron chi connectivity index (χ1n) is 8.61. The van der Waals surface area contributed by atoms with Crippen LogP contribution < -0.4 is 5.32 Å². The SMILES string of the molecule is CCOC(CC)C(Cc1ccn(C2CCCCC2)n1)NC. The predicted molar refractivity (Wildman–Crippen MR) is 86.6 cm³/mol. The number of hydrogen-bond acceptors (Lipinski definition) is 3. The molecule has 1 fully saturated rings. The molecular weight excluding hydrogens is 262 g/mol. The first kappa shape index (κ1) is 16.5. The quantitative estimate of drug-likeness (QED) is 0.799. The summed E-state index contributed by atoms with van der Waals surface area (Å²) in [6, 6.07) is 3.14. The Kier molecular flexibility index (Phi) is 6.71. The van der Waals surface area contributed by atoms with Crippen LogP contribution in [-0.2, 0) is 11.2 Å². The summed E-state index contributed by atoms with van der Waals surface area (Å²) in [4.78, 5) is 0. The molecule has 21 heavy (non-hydrogen) atoms. The molecule has 0 aliphatic heterocycles. The van der Waals surface area contributed by atoms with Gasteiger partial charge in [-0.2, -0.15) is 5.10 Å². The number of rotatable bonds is 8. The lowest BCUT2D eigenvalue weighted by molar-refractivity contribution is 0.0336. The monoisotopic (exact) mass is 293 g/mol. The predicted octanol–water partition coefficient (Wildman–Crippen LogP) is 3.33. The van der Waals surface area contributed by atoms with Gasteiger partial charge in [0.25, 0.3) is 0 Å². The fourth-order valence-corrected chi connectivity index (χ4v) is 3.41. The van der Waals surface area contributed by atoms with Crippen molar-refractivity contribution in [3.05, 3.63) is 18.0 Å². The van der Waals surface area contributed by atoms with Gasteiger partial charge in [-0.25, -0.2) is 0 Å². The molecule has 4 heteroatoms. The van der Waals surface area contributed by atoms with Crippen molar-refractivity contribution in [2.45, 2.75) is 77.0 Å². The van der Waals surface area contributed by atoms with Gasteiger partial charge < -0.3 is 10.1 Å².